The molecule has 4 nitrogen and oxygen atoms in total. The molecule has 0 spiro atoms. The molecule has 1 amide bonds. The molecule has 5 heteroatoms. The van der Waals surface area contributed by atoms with Gasteiger partial charge < -0.3 is 10.6 Å². The highest BCUT2D eigenvalue weighted by molar-refractivity contribution is 7.84. The van der Waals surface area contributed by atoms with Gasteiger partial charge in [-0.05, 0) is 24.5 Å². The summed E-state index contributed by atoms with van der Waals surface area (Å²) < 4.78 is 10.9. The number of amides is 1. The van der Waals surface area contributed by atoms with Crippen molar-refractivity contribution < 1.29 is 9.00 Å². The van der Waals surface area contributed by atoms with E-state index in [1.54, 1.807) is 6.26 Å². The molecule has 0 bridgehead atoms. The Kier molecular flexibility index (Phi) is 4.96. The van der Waals surface area contributed by atoms with Gasteiger partial charge in [-0.3, -0.25) is 9.00 Å². The predicted octanol–water partition coefficient (Wildman–Crippen LogP) is 1.47. The maximum Gasteiger partial charge on any atom is 0.227 e. The summed E-state index contributed by atoms with van der Waals surface area (Å²) in [5.41, 5.74) is 2.13. The molecule has 2 atom stereocenters. The lowest BCUT2D eigenvalue weighted by Gasteiger charge is -2.25. The van der Waals surface area contributed by atoms with Gasteiger partial charge in [-0.2, -0.15) is 0 Å². The van der Waals surface area contributed by atoms with Crippen LogP contribution in [0.1, 0.15) is 24.3 Å². The van der Waals surface area contributed by atoms with Crippen molar-refractivity contribution in [1.29, 1.82) is 0 Å². The van der Waals surface area contributed by atoms with Crippen LogP contribution in [0, 0.1) is 0 Å². The first-order valence-corrected chi connectivity index (χ1v) is 8.31. The summed E-state index contributed by atoms with van der Waals surface area (Å²) in [5, 5.41) is 6.26. The second-order valence-corrected chi connectivity index (χ2v) is 6.33. The van der Waals surface area contributed by atoms with Crippen LogP contribution in [0.15, 0.2) is 24.3 Å². The summed E-state index contributed by atoms with van der Waals surface area (Å²) >= 11 is 0. The Morgan fingerprint density at radius 3 is 3.05 bits per heavy atom. The molecule has 1 aliphatic heterocycles. The van der Waals surface area contributed by atoms with Crippen LogP contribution in [0.3, 0.4) is 0 Å². The number of carbonyl (C=O) groups is 1. The van der Waals surface area contributed by atoms with Gasteiger partial charge in [0.2, 0.25) is 5.91 Å². The lowest BCUT2D eigenvalue weighted by Crippen LogP contribution is -2.33. The van der Waals surface area contributed by atoms with Gasteiger partial charge in [0.15, 0.2) is 0 Å². The Labute approximate surface area is 116 Å². The summed E-state index contributed by atoms with van der Waals surface area (Å²) in [5.74, 6) is 0.656. The molecule has 0 fully saturated rings. The van der Waals surface area contributed by atoms with Crippen molar-refractivity contribution in [3.05, 3.63) is 29.8 Å². The molecule has 0 aromatic heterocycles. The molecule has 2 unspecified atom stereocenters. The number of fused-ring (bicyclic) bond motifs is 1. The largest absolute Gasteiger partial charge is 0.385 e. The fourth-order valence-corrected chi connectivity index (χ4v) is 2.90. The number of anilines is 1. The first-order valence-electron chi connectivity index (χ1n) is 6.59. The molecule has 1 aromatic rings. The molecule has 19 heavy (non-hydrogen) atoms. The van der Waals surface area contributed by atoms with Crippen molar-refractivity contribution in [3.63, 3.8) is 0 Å². The van der Waals surface area contributed by atoms with Gasteiger partial charge in [-0.1, -0.05) is 18.2 Å². The quantitative estimate of drug-likeness (QED) is 0.803. The highest BCUT2D eigenvalue weighted by Crippen LogP contribution is 2.31. The average Bonchev–Trinajstić information content (AvgIpc) is 2.42. The number of para-hydroxylation sites is 1. The predicted molar refractivity (Wildman–Crippen MR) is 78.8 cm³/mol. The minimum atomic E-state index is -0.783. The van der Waals surface area contributed by atoms with E-state index >= 15 is 0 Å². The van der Waals surface area contributed by atoms with Gasteiger partial charge in [0.05, 0.1) is 5.92 Å². The number of nitrogens with one attached hydrogen (secondary N) is 2. The highest BCUT2D eigenvalue weighted by Gasteiger charge is 2.25. The summed E-state index contributed by atoms with van der Waals surface area (Å²) in [7, 11) is -0.783. The van der Waals surface area contributed by atoms with E-state index in [1.165, 1.54) is 0 Å². The summed E-state index contributed by atoms with van der Waals surface area (Å²) in [6, 6.07) is 7.96. The Hall–Kier alpha value is -1.36. The van der Waals surface area contributed by atoms with Crippen LogP contribution < -0.4 is 10.6 Å². The van der Waals surface area contributed by atoms with Crippen LogP contribution in [-0.2, 0) is 15.6 Å². The first-order chi connectivity index (χ1) is 9.18. The fraction of sp³-hybridized carbons (Fsp3) is 0.500. The van der Waals surface area contributed by atoms with Gasteiger partial charge in [-0.15, -0.1) is 0 Å². The van der Waals surface area contributed by atoms with E-state index in [4.69, 9.17) is 0 Å². The van der Waals surface area contributed by atoms with Crippen molar-refractivity contribution in [2.24, 2.45) is 0 Å². The van der Waals surface area contributed by atoms with E-state index in [1.807, 2.05) is 24.3 Å². The first kappa shape index (κ1) is 14.1. The molecular formula is C14H20N2O2S. The number of hydrogen-bond donors (Lipinski definition) is 2. The van der Waals surface area contributed by atoms with Crippen LogP contribution in [-0.4, -0.2) is 35.2 Å². The second-order valence-electron chi connectivity index (χ2n) is 4.78. The third-order valence-electron chi connectivity index (χ3n) is 3.31. The van der Waals surface area contributed by atoms with Gasteiger partial charge in [0.1, 0.15) is 0 Å². The van der Waals surface area contributed by atoms with E-state index < -0.39 is 10.8 Å². The van der Waals surface area contributed by atoms with Crippen LogP contribution in [0.2, 0.25) is 0 Å². The van der Waals surface area contributed by atoms with Crippen LogP contribution >= 0.6 is 0 Å². The van der Waals surface area contributed by atoms with E-state index in [0.717, 1.165) is 30.6 Å². The molecule has 0 saturated carbocycles. The van der Waals surface area contributed by atoms with E-state index in [2.05, 4.69) is 10.6 Å². The summed E-state index contributed by atoms with van der Waals surface area (Å²) in [4.78, 5) is 12.2. The molecule has 1 heterocycles. The van der Waals surface area contributed by atoms with Crippen LogP contribution in [0.5, 0.6) is 0 Å². The third kappa shape index (κ3) is 3.80. The van der Waals surface area contributed by atoms with Gasteiger partial charge >= 0.3 is 0 Å². The van der Waals surface area contributed by atoms with E-state index in [-0.39, 0.29) is 11.8 Å². The minimum Gasteiger partial charge on any atom is -0.385 e. The van der Waals surface area contributed by atoms with Crippen LogP contribution in [0.4, 0.5) is 5.69 Å². The fourth-order valence-electron chi connectivity index (χ4n) is 2.35. The zero-order valence-corrected chi connectivity index (χ0v) is 12.0. The molecule has 1 aliphatic rings. The Morgan fingerprint density at radius 1 is 1.47 bits per heavy atom. The lowest BCUT2D eigenvalue weighted by atomic mass is 9.90. The molecule has 0 aliphatic carbocycles. The third-order valence-corrected chi connectivity index (χ3v) is 4.17. The van der Waals surface area contributed by atoms with Crippen LogP contribution in [0.25, 0.3) is 0 Å². The van der Waals surface area contributed by atoms with Crippen molar-refractivity contribution in [2.75, 3.05) is 30.4 Å². The molecule has 2 rings (SSSR count). The zero-order chi connectivity index (χ0) is 13.7. The SMILES string of the molecule is CS(=O)CCCNC(=O)C1CCNc2ccccc21. The topological polar surface area (TPSA) is 58.2 Å². The smallest absolute Gasteiger partial charge is 0.227 e. The Balaban J connectivity index is 1.92. The van der Waals surface area contributed by atoms with Crippen molar-refractivity contribution in [2.45, 2.75) is 18.8 Å². The normalized spacial score (nSPS) is 19.1. The van der Waals surface area contributed by atoms with Gasteiger partial charge in [0.25, 0.3) is 0 Å². The second kappa shape index (κ2) is 6.70. The maximum atomic E-state index is 12.2. The van der Waals surface area contributed by atoms with E-state index in [9.17, 15) is 9.00 Å². The standard InChI is InChI=1S/C14H20N2O2S/c1-19(18)10-4-8-16-14(17)12-7-9-15-13-6-3-2-5-11(12)13/h2-3,5-6,12,15H,4,7-10H2,1H3,(H,16,17). The molecular weight excluding hydrogens is 260 g/mol. The molecule has 1 aromatic carbocycles. The number of rotatable bonds is 5. The molecule has 104 valence electrons. The minimum absolute atomic E-state index is 0.0652. The highest BCUT2D eigenvalue weighted by atomic mass is 32.2. The Bertz CT molecular complexity index is 476. The van der Waals surface area contributed by atoms with Crippen molar-refractivity contribution in [3.8, 4) is 0 Å². The summed E-state index contributed by atoms with van der Waals surface area (Å²) in [6.45, 7) is 1.43. The lowest BCUT2D eigenvalue weighted by molar-refractivity contribution is -0.122. The molecule has 0 radical (unpaired) electrons. The Morgan fingerprint density at radius 2 is 2.26 bits per heavy atom. The average molecular weight is 280 g/mol. The molecule has 2 N–H and O–H groups in total. The maximum absolute atomic E-state index is 12.2. The monoisotopic (exact) mass is 280 g/mol. The van der Waals surface area contributed by atoms with Gasteiger partial charge in [0, 0.05) is 41.6 Å². The van der Waals surface area contributed by atoms with Crippen molar-refractivity contribution >= 4 is 22.4 Å². The molecule has 0 saturated heterocycles. The van der Waals surface area contributed by atoms with Gasteiger partial charge in [-0.25, -0.2) is 0 Å². The zero-order valence-electron chi connectivity index (χ0n) is 11.1. The number of carbonyl (C=O) groups excluding carboxylic acids is 1. The number of benzene rings is 1. The number of hydrogen-bond acceptors (Lipinski definition) is 3. The van der Waals surface area contributed by atoms with Crippen molar-refractivity contribution in [1.82, 2.24) is 5.32 Å². The van der Waals surface area contributed by atoms with E-state index in [0.29, 0.717) is 12.3 Å². The summed E-state index contributed by atoms with van der Waals surface area (Å²) in [6.07, 6.45) is 3.27.